The second-order valence-corrected chi connectivity index (χ2v) is 6.56. The molecule has 0 fully saturated rings. The number of rotatable bonds is 5. The molecule has 0 bridgehead atoms. The Morgan fingerprint density at radius 3 is 3.04 bits per heavy atom. The molecule has 0 radical (unpaired) electrons. The maximum Gasteiger partial charge on any atom is 0.134 e. The van der Waals surface area contributed by atoms with Crippen LogP contribution in [0.3, 0.4) is 0 Å². The van der Waals surface area contributed by atoms with Gasteiger partial charge < -0.3 is 9.84 Å². The fraction of sp³-hybridized carbons (Fsp3) is 0.333. The van der Waals surface area contributed by atoms with Crippen molar-refractivity contribution in [2.24, 2.45) is 4.99 Å². The van der Waals surface area contributed by atoms with Crippen molar-refractivity contribution in [2.75, 3.05) is 6.61 Å². The Kier molecular flexibility index (Phi) is 4.63. The fourth-order valence-electron chi connectivity index (χ4n) is 2.67. The maximum absolute atomic E-state index is 10.1. The summed E-state index contributed by atoms with van der Waals surface area (Å²) in [5.74, 6) is 0.777. The number of hydrogen-bond donors (Lipinski definition) is 1. The Morgan fingerprint density at radius 1 is 1.43 bits per heavy atom. The highest BCUT2D eigenvalue weighted by atomic mass is 32.1. The molecule has 0 saturated carbocycles. The van der Waals surface area contributed by atoms with Crippen LogP contribution in [0.15, 0.2) is 23.2 Å². The minimum Gasteiger partial charge on any atom is -0.507 e. The normalized spacial score (nSPS) is 13.2. The number of nitriles is 1. The maximum atomic E-state index is 10.1. The number of benzene rings is 1. The molecule has 1 aromatic heterocycles. The number of thiophene rings is 1. The first-order chi connectivity index (χ1) is 11.2. The van der Waals surface area contributed by atoms with Crippen LogP contribution < -0.4 is 4.74 Å². The summed E-state index contributed by atoms with van der Waals surface area (Å²) >= 11 is 1.59. The first-order valence-corrected chi connectivity index (χ1v) is 8.59. The van der Waals surface area contributed by atoms with Crippen molar-refractivity contribution in [1.82, 2.24) is 0 Å². The molecule has 1 aliphatic rings. The highest BCUT2D eigenvalue weighted by Crippen LogP contribution is 2.40. The molecule has 0 atom stereocenters. The van der Waals surface area contributed by atoms with E-state index < -0.39 is 0 Å². The van der Waals surface area contributed by atoms with Crippen LogP contribution in [0, 0.1) is 11.3 Å². The van der Waals surface area contributed by atoms with Gasteiger partial charge in [0, 0.05) is 22.7 Å². The number of ether oxygens (including phenoxy) is 1. The lowest BCUT2D eigenvalue weighted by atomic mass is 10.1. The molecule has 0 unspecified atom stereocenters. The van der Waals surface area contributed by atoms with Gasteiger partial charge in [0.1, 0.15) is 22.6 Å². The molecular formula is C18H18N2O2S. The molecule has 0 spiro atoms. The van der Waals surface area contributed by atoms with Crippen LogP contribution in [0.4, 0.5) is 5.00 Å². The molecule has 118 valence electrons. The molecule has 1 aliphatic carbocycles. The smallest absolute Gasteiger partial charge is 0.134 e. The highest BCUT2D eigenvalue weighted by Gasteiger charge is 2.21. The largest absolute Gasteiger partial charge is 0.507 e. The molecule has 0 aliphatic heterocycles. The van der Waals surface area contributed by atoms with Gasteiger partial charge in [-0.3, -0.25) is 0 Å². The average molecular weight is 326 g/mol. The predicted molar refractivity (Wildman–Crippen MR) is 92.2 cm³/mol. The van der Waals surface area contributed by atoms with E-state index in [0.717, 1.165) is 36.2 Å². The van der Waals surface area contributed by atoms with Gasteiger partial charge in [0.2, 0.25) is 0 Å². The standard InChI is InChI=1S/C18H18N2O2S/c1-2-8-22-13-7-6-12(16(21)9-13)11-20-18-15(10-19)14-4-3-5-17(14)23-18/h6-7,9,11,21H,2-5,8H2,1H3. The van der Waals surface area contributed by atoms with Crippen LogP contribution in [-0.4, -0.2) is 17.9 Å². The third kappa shape index (κ3) is 3.22. The van der Waals surface area contributed by atoms with Gasteiger partial charge in [-0.2, -0.15) is 5.26 Å². The van der Waals surface area contributed by atoms with E-state index in [-0.39, 0.29) is 5.75 Å². The first kappa shape index (κ1) is 15.6. The van der Waals surface area contributed by atoms with Crippen LogP contribution >= 0.6 is 11.3 Å². The molecule has 0 amide bonds. The molecule has 1 aromatic carbocycles. The number of phenols is 1. The third-order valence-electron chi connectivity index (χ3n) is 3.81. The second kappa shape index (κ2) is 6.84. The van der Waals surface area contributed by atoms with Crippen molar-refractivity contribution in [3.8, 4) is 17.6 Å². The van der Waals surface area contributed by atoms with Gasteiger partial charge in [0.15, 0.2) is 0 Å². The van der Waals surface area contributed by atoms with Gasteiger partial charge in [0.25, 0.3) is 0 Å². The van der Waals surface area contributed by atoms with Gasteiger partial charge in [-0.25, -0.2) is 4.99 Å². The summed E-state index contributed by atoms with van der Waals surface area (Å²) in [5, 5.41) is 20.2. The Hall–Kier alpha value is -2.32. The lowest BCUT2D eigenvalue weighted by Gasteiger charge is -2.06. The average Bonchev–Trinajstić information content (AvgIpc) is 3.12. The van der Waals surface area contributed by atoms with Gasteiger partial charge in [-0.05, 0) is 43.4 Å². The lowest BCUT2D eigenvalue weighted by molar-refractivity contribution is 0.315. The molecule has 1 heterocycles. The predicted octanol–water partition coefficient (Wildman–Crippen LogP) is 4.35. The van der Waals surface area contributed by atoms with Gasteiger partial charge in [-0.15, -0.1) is 11.3 Å². The minimum atomic E-state index is 0.130. The van der Waals surface area contributed by atoms with Gasteiger partial charge in [0.05, 0.1) is 12.2 Å². The van der Waals surface area contributed by atoms with Crippen molar-refractivity contribution in [3.05, 3.63) is 39.8 Å². The summed E-state index contributed by atoms with van der Waals surface area (Å²) in [6.07, 6.45) is 5.67. The zero-order valence-corrected chi connectivity index (χ0v) is 13.8. The zero-order valence-electron chi connectivity index (χ0n) is 13.0. The van der Waals surface area contributed by atoms with E-state index in [1.807, 2.05) is 13.0 Å². The summed E-state index contributed by atoms with van der Waals surface area (Å²) in [6.45, 7) is 2.66. The van der Waals surface area contributed by atoms with E-state index in [4.69, 9.17) is 4.74 Å². The number of fused-ring (bicyclic) bond motifs is 1. The molecule has 1 N–H and O–H groups in total. The highest BCUT2D eigenvalue weighted by molar-refractivity contribution is 7.16. The number of aromatic hydroxyl groups is 1. The first-order valence-electron chi connectivity index (χ1n) is 7.77. The van der Waals surface area contributed by atoms with Gasteiger partial charge in [-0.1, -0.05) is 6.92 Å². The van der Waals surface area contributed by atoms with E-state index in [0.29, 0.717) is 23.5 Å². The molecule has 5 heteroatoms. The van der Waals surface area contributed by atoms with E-state index in [2.05, 4.69) is 11.1 Å². The number of aliphatic imine (C=N–C) groups is 1. The Bertz CT molecular complexity index is 787. The van der Waals surface area contributed by atoms with Crippen molar-refractivity contribution < 1.29 is 9.84 Å². The van der Waals surface area contributed by atoms with Crippen molar-refractivity contribution >= 4 is 22.6 Å². The molecule has 2 aromatic rings. The molecule has 0 saturated heterocycles. The van der Waals surface area contributed by atoms with Crippen LogP contribution in [0.25, 0.3) is 0 Å². The summed E-state index contributed by atoms with van der Waals surface area (Å²) in [4.78, 5) is 5.71. The summed E-state index contributed by atoms with van der Waals surface area (Å²) in [5.41, 5.74) is 2.48. The van der Waals surface area contributed by atoms with Crippen molar-refractivity contribution in [3.63, 3.8) is 0 Å². The van der Waals surface area contributed by atoms with Crippen LogP contribution in [0.5, 0.6) is 11.5 Å². The zero-order chi connectivity index (χ0) is 16.2. The number of aryl methyl sites for hydroxylation is 1. The van der Waals surface area contributed by atoms with Crippen molar-refractivity contribution in [1.29, 1.82) is 5.26 Å². The minimum absolute atomic E-state index is 0.130. The third-order valence-corrected chi connectivity index (χ3v) is 5.01. The number of hydrogen-bond acceptors (Lipinski definition) is 5. The lowest BCUT2D eigenvalue weighted by Crippen LogP contribution is -1.95. The molecular weight excluding hydrogens is 308 g/mol. The van der Waals surface area contributed by atoms with Crippen LogP contribution in [-0.2, 0) is 12.8 Å². The Balaban J connectivity index is 1.82. The van der Waals surface area contributed by atoms with E-state index in [9.17, 15) is 10.4 Å². The number of phenolic OH excluding ortho intramolecular Hbond substituents is 1. The van der Waals surface area contributed by atoms with Crippen LogP contribution in [0.1, 0.15) is 41.3 Å². The SMILES string of the molecule is CCCOc1ccc(C=Nc2sc3c(c2C#N)CCC3)c(O)c1. The fourth-order valence-corrected chi connectivity index (χ4v) is 3.85. The number of nitrogens with zero attached hydrogens (tertiary/aromatic N) is 2. The molecule has 23 heavy (non-hydrogen) atoms. The van der Waals surface area contributed by atoms with Crippen molar-refractivity contribution in [2.45, 2.75) is 32.6 Å². The monoisotopic (exact) mass is 326 g/mol. The molecule has 4 nitrogen and oxygen atoms in total. The second-order valence-electron chi connectivity index (χ2n) is 5.48. The summed E-state index contributed by atoms with van der Waals surface area (Å²) in [6, 6.07) is 7.46. The van der Waals surface area contributed by atoms with E-state index >= 15 is 0 Å². The van der Waals surface area contributed by atoms with E-state index in [1.165, 1.54) is 4.88 Å². The quantitative estimate of drug-likeness (QED) is 0.831. The molecule has 3 rings (SSSR count). The Labute approximate surface area is 139 Å². The summed E-state index contributed by atoms with van der Waals surface area (Å²) in [7, 11) is 0. The Morgan fingerprint density at radius 2 is 2.30 bits per heavy atom. The van der Waals surface area contributed by atoms with Gasteiger partial charge >= 0.3 is 0 Å². The topological polar surface area (TPSA) is 65.6 Å². The van der Waals surface area contributed by atoms with Crippen LogP contribution in [0.2, 0.25) is 0 Å². The van der Waals surface area contributed by atoms with E-state index in [1.54, 1.807) is 29.7 Å². The summed E-state index contributed by atoms with van der Waals surface area (Å²) < 4.78 is 5.49.